The second-order valence-electron chi connectivity index (χ2n) is 5.88. The molecule has 0 unspecified atom stereocenters. The number of carbonyl (C=O) groups excluding carboxylic acids is 2. The van der Waals surface area contributed by atoms with E-state index in [1.54, 1.807) is 0 Å². The highest BCUT2D eigenvalue weighted by atomic mass is 35.5. The van der Waals surface area contributed by atoms with E-state index in [1.807, 2.05) is 20.8 Å². The fourth-order valence-electron chi connectivity index (χ4n) is 1.56. The number of unbranched alkanes of at least 4 members (excludes halogenated alkanes) is 3. The van der Waals surface area contributed by atoms with Crippen LogP contribution in [0.1, 0.15) is 52.9 Å². The molecule has 0 aromatic rings. The zero-order valence-electron chi connectivity index (χ0n) is 13.0. The van der Waals surface area contributed by atoms with Crippen molar-refractivity contribution in [2.75, 3.05) is 13.7 Å². The molecule has 0 aliphatic carbocycles. The zero-order chi connectivity index (χ0) is 14.9. The van der Waals surface area contributed by atoms with Crippen LogP contribution in [-0.4, -0.2) is 31.6 Å². The highest BCUT2D eigenvalue weighted by molar-refractivity contribution is 5.85. The number of methoxy groups -OCH3 is 1. The summed E-state index contributed by atoms with van der Waals surface area (Å²) in [7, 11) is 1.40. The Morgan fingerprint density at radius 1 is 1.15 bits per heavy atom. The molecule has 0 heterocycles. The lowest BCUT2D eigenvalue weighted by Gasteiger charge is -2.25. The third kappa shape index (κ3) is 10.0. The third-order valence-electron chi connectivity index (χ3n) is 3.05. The second-order valence-corrected chi connectivity index (χ2v) is 5.88. The maximum Gasteiger partial charge on any atom is 0.305 e. The molecule has 5 nitrogen and oxygen atoms in total. The SMILES string of the molecule is COC(=O)CCCCCCNC(=O)[C@@H](N)C(C)(C)C.Cl. The Balaban J connectivity index is 0. The molecule has 0 aliphatic heterocycles. The van der Waals surface area contributed by atoms with Gasteiger partial charge in [-0.15, -0.1) is 12.4 Å². The van der Waals surface area contributed by atoms with Crippen LogP contribution in [0, 0.1) is 5.41 Å². The van der Waals surface area contributed by atoms with E-state index in [2.05, 4.69) is 10.1 Å². The molecule has 0 bridgehead atoms. The van der Waals surface area contributed by atoms with Crippen LogP contribution in [0.5, 0.6) is 0 Å². The number of carbonyl (C=O) groups is 2. The molecule has 120 valence electrons. The predicted octanol–water partition coefficient (Wildman–Crippen LogP) is 2.02. The van der Waals surface area contributed by atoms with Crippen molar-refractivity contribution in [3.63, 3.8) is 0 Å². The van der Waals surface area contributed by atoms with Gasteiger partial charge >= 0.3 is 5.97 Å². The molecule has 0 radical (unpaired) electrons. The Morgan fingerprint density at radius 3 is 2.20 bits per heavy atom. The van der Waals surface area contributed by atoms with Gasteiger partial charge in [0, 0.05) is 13.0 Å². The number of rotatable bonds is 8. The average molecular weight is 309 g/mol. The molecule has 1 atom stereocenters. The van der Waals surface area contributed by atoms with Gasteiger partial charge in [-0.2, -0.15) is 0 Å². The van der Waals surface area contributed by atoms with Crippen LogP contribution < -0.4 is 11.1 Å². The molecule has 3 N–H and O–H groups in total. The normalized spacial score (nSPS) is 12.2. The van der Waals surface area contributed by atoms with Gasteiger partial charge in [0.15, 0.2) is 0 Å². The van der Waals surface area contributed by atoms with Crippen molar-refractivity contribution >= 4 is 24.3 Å². The number of nitrogens with two attached hydrogens (primary N) is 1. The van der Waals surface area contributed by atoms with E-state index in [9.17, 15) is 9.59 Å². The van der Waals surface area contributed by atoms with E-state index >= 15 is 0 Å². The van der Waals surface area contributed by atoms with Crippen molar-refractivity contribution in [3.8, 4) is 0 Å². The molecule has 0 spiro atoms. The number of hydrogen-bond acceptors (Lipinski definition) is 4. The molecule has 0 aromatic carbocycles. The lowest BCUT2D eigenvalue weighted by Crippen LogP contribution is -2.48. The van der Waals surface area contributed by atoms with Crippen LogP contribution in [0.4, 0.5) is 0 Å². The maximum atomic E-state index is 11.7. The Hall–Kier alpha value is -0.810. The zero-order valence-corrected chi connectivity index (χ0v) is 13.8. The summed E-state index contributed by atoms with van der Waals surface area (Å²) in [5.41, 5.74) is 5.62. The minimum atomic E-state index is -0.480. The number of halogens is 1. The Bertz CT molecular complexity index is 291. The van der Waals surface area contributed by atoms with Crippen LogP contribution in [-0.2, 0) is 14.3 Å². The number of nitrogens with one attached hydrogen (secondary N) is 1. The molecule has 0 saturated carbocycles. The van der Waals surface area contributed by atoms with Crippen molar-refractivity contribution in [3.05, 3.63) is 0 Å². The molecular formula is C14H29ClN2O3. The molecule has 20 heavy (non-hydrogen) atoms. The summed E-state index contributed by atoms with van der Waals surface area (Å²) in [4.78, 5) is 22.6. The molecule has 0 rings (SSSR count). The summed E-state index contributed by atoms with van der Waals surface area (Å²) >= 11 is 0. The minimum absolute atomic E-state index is 0. The van der Waals surface area contributed by atoms with Gasteiger partial charge in [0.2, 0.25) is 5.91 Å². The molecular weight excluding hydrogens is 280 g/mol. The van der Waals surface area contributed by atoms with E-state index in [0.29, 0.717) is 13.0 Å². The summed E-state index contributed by atoms with van der Waals surface area (Å²) in [6, 6.07) is -0.480. The van der Waals surface area contributed by atoms with E-state index in [-0.39, 0.29) is 29.7 Å². The fraction of sp³-hybridized carbons (Fsp3) is 0.857. The highest BCUT2D eigenvalue weighted by Gasteiger charge is 2.26. The Morgan fingerprint density at radius 2 is 1.70 bits per heavy atom. The standard InChI is InChI=1S/C14H28N2O3.ClH/c1-14(2,3)12(15)13(18)16-10-8-6-5-7-9-11(17)19-4;/h12H,5-10,15H2,1-4H3,(H,16,18);1H/t12-;/m1./s1. The van der Waals surface area contributed by atoms with E-state index in [0.717, 1.165) is 25.7 Å². The van der Waals surface area contributed by atoms with Crippen molar-refractivity contribution in [2.45, 2.75) is 58.9 Å². The molecule has 0 aromatic heterocycles. The lowest BCUT2D eigenvalue weighted by atomic mass is 9.87. The topological polar surface area (TPSA) is 81.4 Å². The van der Waals surface area contributed by atoms with Gasteiger partial charge in [-0.05, 0) is 18.3 Å². The van der Waals surface area contributed by atoms with Crippen molar-refractivity contribution < 1.29 is 14.3 Å². The van der Waals surface area contributed by atoms with Crippen LogP contribution >= 0.6 is 12.4 Å². The van der Waals surface area contributed by atoms with Crippen LogP contribution in [0.25, 0.3) is 0 Å². The molecule has 0 fully saturated rings. The number of hydrogen-bond donors (Lipinski definition) is 2. The van der Waals surface area contributed by atoms with Gasteiger partial charge in [0.1, 0.15) is 0 Å². The first-order chi connectivity index (χ1) is 8.79. The average Bonchev–Trinajstić information content (AvgIpc) is 2.34. The molecule has 6 heteroatoms. The van der Waals surface area contributed by atoms with E-state index < -0.39 is 6.04 Å². The van der Waals surface area contributed by atoms with Gasteiger partial charge in [0.05, 0.1) is 13.2 Å². The summed E-state index contributed by atoms with van der Waals surface area (Å²) in [5.74, 6) is -0.258. The smallest absolute Gasteiger partial charge is 0.305 e. The summed E-state index contributed by atoms with van der Waals surface area (Å²) in [6.07, 6.45) is 4.17. The molecule has 0 aliphatic rings. The first-order valence-electron chi connectivity index (χ1n) is 6.89. The number of ether oxygens (including phenoxy) is 1. The largest absolute Gasteiger partial charge is 0.469 e. The van der Waals surface area contributed by atoms with Crippen LogP contribution in [0.3, 0.4) is 0 Å². The van der Waals surface area contributed by atoms with Crippen molar-refractivity contribution in [1.82, 2.24) is 5.32 Å². The lowest BCUT2D eigenvalue weighted by molar-refractivity contribution is -0.140. The molecule has 0 saturated heterocycles. The van der Waals surface area contributed by atoms with Crippen molar-refractivity contribution in [1.29, 1.82) is 0 Å². The Kier molecular flexibility index (Phi) is 11.7. The van der Waals surface area contributed by atoms with E-state index in [1.165, 1.54) is 7.11 Å². The summed E-state index contributed by atoms with van der Waals surface area (Å²) < 4.78 is 4.56. The quantitative estimate of drug-likeness (QED) is 0.531. The van der Waals surface area contributed by atoms with Gasteiger partial charge in [-0.25, -0.2) is 0 Å². The monoisotopic (exact) mass is 308 g/mol. The van der Waals surface area contributed by atoms with Gasteiger partial charge in [-0.3, -0.25) is 9.59 Å². The first-order valence-corrected chi connectivity index (χ1v) is 6.89. The van der Waals surface area contributed by atoms with E-state index in [4.69, 9.17) is 5.73 Å². The van der Waals surface area contributed by atoms with Gasteiger partial charge in [-0.1, -0.05) is 33.6 Å². The highest BCUT2D eigenvalue weighted by Crippen LogP contribution is 2.17. The third-order valence-corrected chi connectivity index (χ3v) is 3.05. The maximum absolute atomic E-state index is 11.7. The summed E-state index contributed by atoms with van der Waals surface area (Å²) in [6.45, 7) is 6.49. The minimum Gasteiger partial charge on any atom is -0.469 e. The fourth-order valence-corrected chi connectivity index (χ4v) is 1.56. The van der Waals surface area contributed by atoms with Gasteiger partial charge in [0.25, 0.3) is 0 Å². The van der Waals surface area contributed by atoms with Crippen LogP contribution in [0.2, 0.25) is 0 Å². The molecule has 1 amide bonds. The summed E-state index contributed by atoms with van der Waals surface area (Å²) in [5, 5.41) is 2.84. The second kappa shape index (κ2) is 10.9. The number of esters is 1. The predicted molar refractivity (Wildman–Crippen MR) is 82.8 cm³/mol. The van der Waals surface area contributed by atoms with Gasteiger partial charge < -0.3 is 15.8 Å². The first kappa shape index (κ1) is 21.5. The van der Waals surface area contributed by atoms with Crippen LogP contribution in [0.15, 0.2) is 0 Å². The Labute approximate surface area is 128 Å². The van der Waals surface area contributed by atoms with Crippen molar-refractivity contribution in [2.24, 2.45) is 11.1 Å². The number of amides is 1.